The summed E-state index contributed by atoms with van der Waals surface area (Å²) in [7, 11) is -4.15. The van der Waals surface area contributed by atoms with Crippen molar-refractivity contribution in [3.63, 3.8) is 0 Å². The number of carbonyl (C=O) groups is 2. The van der Waals surface area contributed by atoms with Gasteiger partial charge in [-0.25, -0.2) is 12.8 Å². The van der Waals surface area contributed by atoms with Gasteiger partial charge in [-0.2, -0.15) is 0 Å². The Morgan fingerprint density at radius 1 is 1.00 bits per heavy atom. The van der Waals surface area contributed by atoms with Crippen LogP contribution in [0.25, 0.3) is 0 Å². The Labute approximate surface area is 225 Å². The summed E-state index contributed by atoms with van der Waals surface area (Å²) >= 11 is 3.34. The van der Waals surface area contributed by atoms with Gasteiger partial charge in [0.05, 0.1) is 10.6 Å². The maximum atomic E-state index is 14.5. The van der Waals surface area contributed by atoms with Crippen molar-refractivity contribution in [1.29, 1.82) is 0 Å². The molecule has 0 aromatic heterocycles. The number of anilines is 1. The summed E-state index contributed by atoms with van der Waals surface area (Å²) in [6.07, 6.45) is 0. The second-order valence-electron chi connectivity index (χ2n) is 8.48. The summed E-state index contributed by atoms with van der Waals surface area (Å²) in [5.74, 6) is -1.61. The molecule has 3 rings (SSSR count). The number of amides is 2. The molecule has 7 nitrogen and oxygen atoms in total. The summed E-state index contributed by atoms with van der Waals surface area (Å²) in [4.78, 5) is 27.6. The van der Waals surface area contributed by atoms with Crippen LogP contribution in [0.3, 0.4) is 0 Å². The van der Waals surface area contributed by atoms with Crippen molar-refractivity contribution in [2.75, 3.05) is 17.4 Å². The molecule has 0 unspecified atom stereocenters. The Bertz CT molecular complexity index is 1350. The normalized spacial score (nSPS) is 12.0. The zero-order chi connectivity index (χ0) is 27.2. The van der Waals surface area contributed by atoms with Gasteiger partial charge in [0, 0.05) is 23.1 Å². The van der Waals surface area contributed by atoms with Gasteiger partial charge in [0.25, 0.3) is 10.0 Å². The van der Waals surface area contributed by atoms with Crippen molar-refractivity contribution >= 4 is 43.5 Å². The summed E-state index contributed by atoms with van der Waals surface area (Å²) in [6, 6.07) is 17.8. The van der Waals surface area contributed by atoms with Crippen molar-refractivity contribution in [2.24, 2.45) is 0 Å². The molecule has 0 aliphatic rings. The summed E-state index contributed by atoms with van der Waals surface area (Å²) in [5.41, 5.74) is 1.37. The van der Waals surface area contributed by atoms with Crippen LogP contribution in [0.5, 0.6) is 0 Å². The van der Waals surface area contributed by atoms with Crippen molar-refractivity contribution in [3.8, 4) is 0 Å². The second kappa shape index (κ2) is 12.3. The van der Waals surface area contributed by atoms with Crippen molar-refractivity contribution in [2.45, 2.75) is 38.3 Å². The number of likely N-dealkylation sites (N-methyl/N-ethyl adjacent to an activating group) is 1. The molecule has 0 heterocycles. The number of hydrogen-bond donors (Lipinski definition) is 1. The number of nitrogens with one attached hydrogen (secondary N) is 1. The third-order valence-electron chi connectivity index (χ3n) is 5.82. The lowest BCUT2D eigenvalue weighted by atomic mass is 10.1. The Morgan fingerprint density at radius 2 is 1.62 bits per heavy atom. The Kier molecular flexibility index (Phi) is 9.45. The zero-order valence-electron chi connectivity index (χ0n) is 20.8. The van der Waals surface area contributed by atoms with Gasteiger partial charge in [-0.3, -0.25) is 13.9 Å². The molecule has 1 atom stereocenters. The monoisotopic (exact) mass is 589 g/mol. The van der Waals surface area contributed by atoms with Crippen LogP contribution < -0.4 is 9.62 Å². The predicted molar refractivity (Wildman–Crippen MR) is 145 cm³/mol. The SMILES string of the molecule is CCNC(=O)[C@H](C)N(Cc1ccccc1F)C(=O)CN(c1ccc(Br)cc1)S(=O)(=O)c1ccc(C)cc1. The van der Waals surface area contributed by atoms with Crippen LogP contribution in [0.15, 0.2) is 82.2 Å². The number of sulfonamides is 1. The molecule has 0 bridgehead atoms. The Balaban J connectivity index is 2.03. The molecular formula is C27H29BrFN3O4S. The number of nitrogens with zero attached hydrogens (tertiary/aromatic N) is 2. The van der Waals surface area contributed by atoms with E-state index in [-0.39, 0.29) is 22.7 Å². The lowest BCUT2D eigenvalue weighted by Gasteiger charge is -2.32. The van der Waals surface area contributed by atoms with Crippen LogP contribution in [0.4, 0.5) is 10.1 Å². The highest BCUT2D eigenvalue weighted by molar-refractivity contribution is 9.10. The lowest BCUT2D eigenvalue weighted by Crippen LogP contribution is -2.51. The molecule has 196 valence electrons. The fourth-order valence-electron chi connectivity index (χ4n) is 3.69. The average Bonchev–Trinajstić information content (AvgIpc) is 2.87. The van der Waals surface area contributed by atoms with Gasteiger partial charge < -0.3 is 10.2 Å². The van der Waals surface area contributed by atoms with Gasteiger partial charge in [-0.1, -0.05) is 51.8 Å². The quantitative estimate of drug-likeness (QED) is 0.373. The molecule has 0 saturated heterocycles. The van der Waals surface area contributed by atoms with E-state index in [4.69, 9.17) is 0 Å². The van der Waals surface area contributed by atoms with Gasteiger partial charge in [0.2, 0.25) is 11.8 Å². The molecule has 3 aromatic rings. The van der Waals surface area contributed by atoms with Crippen LogP contribution in [-0.2, 0) is 26.2 Å². The van der Waals surface area contributed by atoms with E-state index in [2.05, 4.69) is 21.2 Å². The third kappa shape index (κ3) is 6.95. The van der Waals surface area contributed by atoms with E-state index in [0.29, 0.717) is 6.54 Å². The third-order valence-corrected chi connectivity index (χ3v) is 8.14. The van der Waals surface area contributed by atoms with E-state index in [9.17, 15) is 22.4 Å². The van der Waals surface area contributed by atoms with E-state index in [1.807, 2.05) is 6.92 Å². The molecule has 0 aliphatic carbocycles. The number of carbonyl (C=O) groups excluding carboxylic acids is 2. The molecule has 3 aromatic carbocycles. The van der Waals surface area contributed by atoms with E-state index in [0.717, 1.165) is 14.3 Å². The number of halogens is 2. The van der Waals surface area contributed by atoms with Crippen molar-refractivity contribution < 1.29 is 22.4 Å². The summed E-state index contributed by atoms with van der Waals surface area (Å²) in [5, 5.41) is 2.67. The van der Waals surface area contributed by atoms with Gasteiger partial charge in [-0.05, 0) is 63.2 Å². The first-order valence-corrected chi connectivity index (χ1v) is 13.9. The Morgan fingerprint density at radius 3 is 2.22 bits per heavy atom. The number of hydrogen-bond acceptors (Lipinski definition) is 4. The highest BCUT2D eigenvalue weighted by Crippen LogP contribution is 2.26. The Hall–Kier alpha value is -3.24. The molecule has 1 N–H and O–H groups in total. The topological polar surface area (TPSA) is 86.8 Å². The second-order valence-corrected chi connectivity index (χ2v) is 11.3. The van der Waals surface area contributed by atoms with Gasteiger partial charge in [-0.15, -0.1) is 0 Å². The van der Waals surface area contributed by atoms with Crippen LogP contribution >= 0.6 is 15.9 Å². The molecule has 0 saturated carbocycles. The highest BCUT2D eigenvalue weighted by Gasteiger charge is 2.32. The smallest absolute Gasteiger partial charge is 0.264 e. The molecule has 0 spiro atoms. The largest absolute Gasteiger partial charge is 0.355 e. The molecule has 0 aliphatic heterocycles. The molecular weight excluding hydrogens is 561 g/mol. The maximum absolute atomic E-state index is 14.5. The van der Waals surface area contributed by atoms with Crippen LogP contribution in [0.1, 0.15) is 25.0 Å². The van der Waals surface area contributed by atoms with Crippen LogP contribution in [0.2, 0.25) is 0 Å². The van der Waals surface area contributed by atoms with E-state index < -0.39 is 40.2 Å². The van der Waals surface area contributed by atoms with Crippen LogP contribution in [-0.4, -0.2) is 44.3 Å². The predicted octanol–water partition coefficient (Wildman–Crippen LogP) is 4.65. The van der Waals surface area contributed by atoms with Gasteiger partial charge in [0.15, 0.2) is 0 Å². The lowest BCUT2D eigenvalue weighted by molar-refractivity contribution is -0.139. The van der Waals surface area contributed by atoms with E-state index in [1.54, 1.807) is 49.4 Å². The van der Waals surface area contributed by atoms with Crippen LogP contribution in [0, 0.1) is 12.7 Å². The fraction of sp³-hybridized carbons (Fsp3) is 0.259. The minimum Gasteiger partial charge on any atom is -0.355 e. The van der Waals surface area contributed by atoms with Gasteiger partial charge >= 0.3 is 0 Å². The molecule has 2 amide bonds. The molecule has 0 radical (unpaired) electrons. The maximum Gasteiger partial charge on any atom is 0.264 e. The first-order valence-electron chi connectivity index (χ1n) is 11.7. The first kappa shape index (κ1) is 28.3. The zero-order valence-corrected chi connectivity index (χ0v) is 23.2. The molecule has 10 heteroatoms. The standard InChI is InChI=1S/C27H29BrFN3O4S/c1-4-30-27(34)20(3)31(17-21-7-5-6-8-25(21)29)26(33)18-32(23-13-11-22(28)12-14-23)37(35,36)24-15-9-19(2)10-16-24/h5-16,20H,4,17-18H2,1-3H3,(H,30,34)/t20-/m0/s1. The summed E-state index contributed by atoms with van der Waals surface area (Å²) in [6.45, 7) is 4.67. The fourth-order valence-corrected chi connectivity index (χ4v) is 5.37. The van der Waals surface area contributed by atoms with Crippen molar-refractivity contribution in [3.05, 3.63) is 94.2 Å². The highest BCUT2D eigenvalue weighted by atomic mass is 79.9. The average molecular weight is 591 g/mol. The molecule has 37 heavy (non-hydrogen) atoms. The molecule has 0 fully saturated rings. The summed E-state index contributed by atoms with van der Waals surface area (Å²) < 4.78 is 43.6. The minimum absolute atomic E-state index is 0.0197. The number of rotatable bonds is 10. The van der Waals surface area contributed by atoms with E-state index >= 15 is 0 Å². The van der Waals surface area contributed by atoms with E-state index in [1.165, 1.54) is 42.2 Å². The van der Waals surface area contributed by atoms with Crippen molar-refractivity contribution in [1.82, 2.24) is 10.2 Å². The van der Waals surface area contributed by atoms with Gasteiger partial charge in [0.1, 0.15) is 18.4 Å². The first-order chi connectivity index (χ1) is 17.5. The number of aryl methyl sites for hydroxylation is 1. The minimum atomic E-state index is -4.15. The number of benzene rings is 3.